The Kier molecular flexibility index (Phi) is 2.61. The van der Waals surface area contributed by atoms with Crippen LogP contribution in [0.5, 0.6) is 0 Å². The van der Waals surface area contributed by atoms with Crippen LogP contribution in [-0.2, 0) is 13.2 Å². The van der Waals surface area contributed by atoms with Crippen molar-refractivity contribution in [3.63, 3.8) is 0 Å². The minimum atomic E-state index is -0.202. The second kappa shape index (κ2) is 3.38. The van der Waals surface area contributed by atoms with Gasteiger partial charge in [-0.3, -0.25) is 9.48 Å². The summed E-state index contributed by atoms with van der Waals surface area (Å²) < 4.78 is 1.52. The minimum Gasteiger partial charge on any atom is -0.391 e. The van der Waals surface area contributed by atoms with E-state index in [4.69, 9.17) is 5.11 Å². The molecule has 74 valence electrons. The van der Waals surface area contributed by atoms with Gasteiger partial charge in [0.1, 0.15) is 0 Å². The highest BCUT2D eigenvalue weighted by Crippen LogP contribution is 2.14. The van der Waals surface area contributed by atoms with E-state index >= 15 is 0 Å². The van der Waals surface area contributed by atoms with Crippen molar-refractivity contribution in [3.05, 3.63) is 22.1 Å². The first kappa shape index (κ1) is 10.1. The van der Waals surface area contributed by atoms with Crippen LogP contribution in [0.1, 0.15) is 26.3 Å². The largest absolute Gasteiger partial charge is 0.391 e. The van der Waals surface area contributed by atoms with E-state index in [0.717, 1.165) is 0 Å². The Hall–Kier alpha value is -1.03. The molecule has 0 saturated carbocycles. The van der Waals surface area contributed by atoms with Crippen LogP contribution < -0.4 is 5.56 Å². The van der Waals surface area contributed by atoms with Crippen LogP contribution >= 0.6 is 0 Å². The zero-order chi connectivity index (χ0) is 10.1. The molecule has 0 unspecified atom stereocenters. The maximum atomic E-state index is 11.4. The molecule has 4 nitrogen and oxygen atoms in total. The smallest absolute Gasteiger partial charge is 0.271 e. The third-order valence-corrected chi connectivity index (χ3v) is 1.72. The number of hydrogen-bond donors (Lipinski definition) is 2. The molecule has 0 aromatic carbocycles. The van der Waals surface area contributed by atoms with Gasteiger partial charge in [-0.25, -0.2) is 0 Å². The Balaban J connectivity index is 2.91. The maximum absolute atomic E-state index is 11.4. The summed E-state index contributed by atoms with van der Waals surface area (Å²) in [4.78, 5) is 11.4. The van der Waals surface area contributed by atoms with Crippen molar-refractivity contribution in [2.24, 2.45) is 5.41 Å². The van der Waals surface area contributed by atoms with Crippen molar-refractivity contribution in [1.82, 2.24) is 9.78 Å². The SMILES string of the molecule is CC(C)(C)Cn1[nH]cc(CO)c1=O. The quantitative estimate of drug-likeness (QED) is 0.711. The highest BCUT2D eigenvalue weighted by Gasteiger charge is 2.14. The molecular weight excluding hydrogens is 168 g/mol. The van der Waals surface area contributed by atoms with E-state index in [1.165, 1.54) is 4.68 Å². The molecule has 0 amide bonds. The number of nitrogens with one attached hydrogen (secondary N) is 1. The van der Waals surface area contributed by atoms with Crippen LogP contribution in [0.3, 0.4) is 0 Å². The van der Waals surface area contributed by atoms with Gasteiger partial charge >= 0.3 is 0 Å². The molecule has 2 N–H and O–H groups in total. The molecule has 0 radical (unpaired) electrons. The molecule has 4 heteroatoms. The first-order chi connectivity index (χ1) is 5.94. The van der Waals surface area contributed by atoms with Gasteiger partial charge in [0.15, 0.2) is 0 Å². The standard InChI is InChI=1S/C9H16N2O2/c1-9(2,3)6-11-8(13)7(5-12)4-10-11/h4,10,12H,5-6H2,1-3H3. The summed E-state index contributed by atoms with van der Waals surface area (Å²) in [6.45, 7) is 6.59. The molecule has 0 aliphatic carbocycles. The summed E-state index contributed by atoms with van der Waals surface area (Å²) in [5.74, 6) is 0. The van der Waals surface area contributed by atoms with Crippen molar-refractivity contribution in [2.45, 2.75) is 33.9 Å². The molecule has 13 heavy (non-hydrogen) atoms. The number of nitrogens with zero attached hydrogens (tertiary/aromatic N) is 1. The summed E-state index contributed by atoms with van der Waals surface area (Å²) in [7, 11) is 0. The average molecular weight is 184 g/mol. The highest BCUT2D eigenvalue weighted by atomic mass is 16.3. The van der Waals surface area contributed by atoms with Crippen LogP contribution in [0.2, 0.25) is 0 Å². The number of hydrogen-bond acceptors (Lipinski definition) is 2. The van der Waals surface area contributed by atoms with Crippen molar-refractivity contribution >= 4 is 0 Å². The van der Waals surface area contributed by atoms with E-state index in [1.807, 2.05) is 0 Å². The predicted octanol–water partition coefficient (Wildman–Crippen LogP) is 0.715. The van der Waals surface area contributed by atoms with E-state index in [9.17, 15) is 4.79 Å². The zero-order valence-corrected chi connectivity index (χ0v) is 8.29. The Morgan fingerprint density at radius 3 is 2.54 bits per heavy atom. The lowest BCUT2D eigenvalue weighted by Gasteiger charge is -2.17. The van der Waals surface area contributed by atoms with Crippen molar-refractivity contribution < 1.29 is 5.11 Å². The fourth-order valence-corrected chi connectivity index (χ4v) is 1.15. The molecule has 1 heterocycles. The van der Waals surface area contributed by atoms with Crippen molar-refractivity contribution in [3.8, 4) is 0 Å². The van der Waals surface area contributed by atoms with Gasteiger partial charge in [0.2, 0.25) is 0 Å². The molecule has 0 atom stereocenters. The summed E-state index contributed by atoms with van der Waals surface area (Å²) in [6.07, 6.45) is 1.55. The summed E-state index contributed by atoms with van der Waals surface area (Å²) in [5.41, 5.74) is 0.350. The second-order valence-electron chi connectivity index (χ2n) is 4.41. The lowest BCUT2D eigenvalue weighted by atomic mass is 9.97. The predicted molar refractivity (Wildman–Crippen MR) is 50.4 cm³/mol. The number of rotatable bonds is 2. The van der Waals surface area contributed by atoms with Gasteiger partial charge in [0, 0.05) is 12.7 Å². The fraction of sp³-hybridized carbons (Fsp3) is 0.667. The van der Waals surface area contributed by atoms with Crippen molar-refractivity contribution in [2.75, 3.05) is 0 Å². The first-order valence-corrected chi connectivity index (χ1v) is 4.32. The van der Waals surface area contributed by atoms with Gasteiger partial charge in [-0.1, -0.05) is 20.8 Å². The van der Waals surface area contributed by atoms with Crippen LogP contribution in [-0.4, -0.2) is 14.9 Å². The zero-order valence-electron chi connectivity index (χ0n) is 8.29. The molecule has 1 rings (SSSR count). The monoisotopic (exact) mass is 184 g/mol. The van der Waals surface area contributed by atoms with Crippen LogP contribution in [0.25, 0.3) is 0 Å². The Labute approximate surface area is 77.2 Å². The van der Waals surface area contributed by atoms with Gasteiger partial charge in [-0.2, -0.15) is 0 Å². The molecule has 1 aromatic rings. The number of H-pyrrole nitrogens is 1. The van der Waals surface area contributed by atoms with Crippen LogP contribution in [0, 0.1) is 5.41 Å². The fourth-order valence-electron chi connectivity index (χ4n) is 1.15. The minimum absolute atomic E-state index is 0.0570. The third-order valence-electron chi connectivity index (χ3n) is 1.72. The van der Waals surface area contributed by atoms with E-state index in [0.29, 0.717) is 12.1 Å². The highest BCUT2D eigenvalue weighted by molar-refractivity contribution is 5.02. The molecule has 0 spiro atoms. The molecular formula is C9H16N2O2. The van der Waals surface area contributed by atoms with Crippen LogP contribution in [0.4, 0.5) is 0 Å². The average Bonchev–Trinajstić information content (AvgIpc) is 2.30. The van der Waals surface area contributed by atoms with Gasteiger partial charge in [0.05, 0.1) is 12.2 Å². The van der Waals surface area contributed by atoms with Gasteiger partial charge < -0.3 is 10.2 Å². The van der Waals surface area contributed by atoms with Crippen molar-refractivity contribution in [1.29, 1.82) is 0 Å². The second-order valence-corrected chi connectivity index (χ2v) is 4.41. The lowest BCUT2D eigenvalue weighted by Crippen LogP contribution is -2.26. The van der Waals surface area contributed by atoms with Crippen LogP contribution in [0.15, 0.2) is 11.0 Å². The molecule has 0 aliphatic heterocycles. The van der Waals surface area contributed by atoms with E-state index in [-0.39, 0.29) is 17.6 Å². The number of aliphatic hydroxyl groups is 1. The Morgan fingerprint density at radius 1 is 1.54 bits per heavy atom. The number of aromatic nitrogens is 2. The molecule has 1 aromatic heterocycles. The Morgan fingerprint density at radius 2 is 2.15 bits per heavy atom. The maximum Gasteiger partial charge on any atom is 0.271 e. The summed E-state index contributed by atoms with van der Waals surface area (Å²) >= 11 is 0. The molecule has 0 saturated heterocycles. The summed E-state index contributed by atoms with van der Waals surface area (Å²) in [6, 6.07) is 0. The summed E-state index contributed by atoms with van der Waals surface area (Å²) in [5, 5.41) is 11.6. The lowest BCUT2D eigenvalue weighted by molar-refractivity contribution is 0.278. The molecule has 0 aliphatic rings. The Bertz CT molecular complexity index is 330. The van der Waals surface area contributed by atoms with E-state index < -0.39 is 0 Å². The molecule has 0 fully saturated rings. The van der Waals surface area contributed by atoms with E-state index in [1.54, 1.807) is 6.20 Å². The third kappa shape index (κ3) is 2.45. The number of aromatic amines is 1. The van der Waals surface area contributed by atoms with Gasteiger partial charge in [-0.05, 0) is 5.41 Å². The number of aliphatic hydroxyl groups excluding tert-OH is 1. The van der Waals surface area contributed by atoms with Gasteiger partial charge in [-0.15, -0.1) is 0 Å². The first-order valence-electron chi connectivity index (χ1n) is 4.32. The normalized spacial score (nSPS) is 12.0. The van der Waals surface area contributed by atoms with E-state index in [2.05, 4.69) is 25.9 Å². The molecule has 0 bridgehead atoms. The topological polar surface area (TPSA) is 58.0 Å². The van der Waals surface area contributed by atoms with Gasteiger partial charge in [0.25, 0.3) is 5.56 Å².